The summed E-state index contributed by atoms with van der Waals surface area (Å²) in [7, 11) is -0.0212. The minimum absolute atomic E-state index is 0.193. The van der Waals surface area contributed by atoms with E-state index in [2.05, 4.69) is 14.7 Å². The first-order valence-corrected chi connectivity index (χ1v) is 8.11. The highest BCUT2D eigenvalue weighted by Gasteiger charge is 2.38. The molecule has 0 aliphatic heterocycles. The van der Waals surface area contributed by atoms with Gasteiger partial charge in [0.25, 0.3) is 0 Å². The van der Waals surface area contributed by atoms with Crippen LogP contribution in [0.3, 0.4) is 0 Å². The molecule has 0 radical (unpaired) electrons. The van der Waals surface area contributed by atoms with Crippen LogP contribution in [0.2, 0.25) is 0 Å². The summed E-state index contributed by atoms with van der Waals surface area (Å²) in [5.41, 5.74) is 0.319. The minimum atomic E-state index is -4.70. The van der Waals surface area contributed by atoms with Gasteiger partial charge in [0.1, 0.15) is 5.75 Å². The Morgan fingerprint density at radius 3 is 2.36 bits per heavy atom. The van der Waals surface area contributed by atoms with Crippen LogP contribution in [-0.2, 0) is 17.0 Å². The molecule has 0 amide bonds. The smallest absolute Gasteiger partial charge is 0.471 e. The molecule has 0 saturated heterocycles. The van der Waals surface area contributed by atoms with E-state index in [4.69, 9.17) is 4.74 Å². The zero-order chi connectivity index (χ0) is 18.0. The number of ether oxygens (including phenoxy) is 1. The van der Waals surface area contributed by atoms with E-state index in [-0.39, 0.29) is 5.82 Å². The number of benzene rings is 2. The number of methoxy groups -OCH3 is 1. The predicted octanol–water partition coefficient (Wildman–Crippen LogP) is 3.93. The molecule has 0 saturated carbocycles. The first kappa shape index (κ1) is 17.2. The fourth-order valence-corrected chi connectivity index (χ4v) is 3.26. The summed E-state index contributed by atoms with van der Waals surface area (Å²) in [6, 6.07) is 12.9. The molecule has 0 spiro atoms. The van der Waals surface area contributed by atoms with Gasteiger partial charge in [-0.15, -0.1) is 0 Å². The Hall–Kier alpha value is -2.68. The molecule has 3 aromatic rings. The van der Waals surface area contributed by atoms with E-state index in [9.17, 15) is 17.4 Å². The molecular formula is C16H11F3N2O3S. The Morgan fingerprint density at radius 1 is 1.08 bits per heavy atom. The van der Waals surface area contributed by atoms with Crippen molar-refractivity contribution in [3.63, 3.8) is 0 Å². The molecule has 0 bridgehead atoms. The number of hydrogen-bond acceptors (Lipinski definition) is 5. The molecule has 5 nitrogen and oxygen atoms in total. The third-order valence-electron chi connectivity index (χ3n) is 3.26. The van der Waals surface area contributed by atoms with Crippen LogP contribution in [0, 0.1) is 0 Å². The lowest BCUT2D eigenvalue weighted by atomic mass is 10.2. The lowest BCUT2D eigenvalue weighted by Crippen LogP contribution is -2.04. The summed E-state index contributed by atoms with van der Waals surface area (Å²) in [5.74, 6) is -1.12. The molecule has 1 atom stereocenters. The Bertz CT molecular complexity index is 907. The second-order valence-electron chi connectivity index (χ2n) is 4.86. The fraction of sp³-hybridized carbons (Fsp3) is 0.125. The highest BCUT2D eigenvalue weighted by Crippen LogP contribution is 2.30. The SMILES string of the molecule is COc1ccccc1S(=O)c1ccc(-c2noc(C(F)(F)F)n2)cc1. The van der Waals surface area contributed by atoms with Crippen LogP contribution in [0.5, 0.6) is 5.75 Å². The maximum absolute atomic E-state index is 12.6. The van der Waals surface area contributed by atoms with Gasteiger partial charge >= 0.3 is 12.1 Å². The molecule has 0 aliphatic carbocycles. The van der Waals surface area contributed by atoms with Gasteiger partial charge in [0.15, 0.2) is 0 Å². The highest BCUT2D eigenvalue weighted by atomic mass is 32.2. The van der Waals surface area contributed by atoms with Gasteiger partial charge in [-0.2, -0.15) is 18.2 Å². The number of para-hydroxylation sites is 1. The molecule has 0 fully saturated rings. The number of nitrogens with zero attached hydrogens (tertiary/aromatic N) is 2. The summed E-state index contributed by atoms with van der Waals surface area (Å²) in [5, 5.41) is 3.31. The first-order chi connectivity index (χ1) is 11.9. The maximum Gasteiger partial charge on any atom is 0.471 e. The quantitative estimate of drug-likeness (QED) is 0.698. The van der Waals surface area contributed by atoms with Crippen molar-refractivity contribution in [2.24, 2.45) is 0 Å². The molecule has 1 aromatic heterocycles. The summed E-state index contributed by atoms with van der Waals surface area (Å²) < 4.78 is 59.5. The standard InChI is InChI=1S/C16H11F3N2O3S/c1-23-12-4-2-3-5-13(12)25(22)11-8-6-10(7-9-11)14-20-15(24-21-14)16(17,18)19/h2-9H,1H3. The van der Waals surface area contributed by atoms with Crippen LogP contribution in [-0.4, -0.2) is 21.5 Å². The molecular weight excluding hydrogens is 357 g/mol. The van der Waals surface area contributed by atoms with Gasteiger partial charge in [-0.25, -0.2) is 4.21 Å². The van der Waals surface area contributed by atoms with Gasteiger partial charge in [-0.1, -0.05) is 17.3 Å². The van der Waals surface area contributed by atoms with Crippen molar-refractivity contribution < 1.29 is 26.6 Å². The molecule has 1 unspecified atom stereocenters. The molecule has 130 valence electrons. The van der Waals surface area contributed by atoms with Gasteiger partial charge in [0.05, 0.1) is 22.8 Å². The second kappa shape index (κ2) is 6.67. The number of hydrogen-bond donors (Lipinski definition) is 0. The van der Waals surface area contributed by atoms with Crippen LogP contribution in [0.15, 0.2) is 62.8 Å². The number of rotatable bonds is 4. The molecule has 9 heteroatoms. The summed E-state index contributed by atoms with van der Waals surface area (Å²) >= 11 is 0. The summed E-state index contributed by atoms with van der Waals surface area (Å²) in [4.78, 5) is 4.28. The lowest BCUT2D eigenvalue weighted by Gasteiger charge is -2.08. The van der Waals surface area contributed by atoms with E-state index in [1.807, 2.05) is 0 Å². The minimum Gasteiger partial charge on any atom is -0.495 e. The Morgan fingerprint density at radius 2 is 1.76 bits per heavy atom. The van der Waals surface area contributed by atoms with Crippen LogP contribution in [0.4, 0.5) is 13.2 Å². The molecule has 25 heavy (non-hydrogen) atoms. The van der Waals surface area contributed by atoms with Gasteiger partial charge in [-0.05, 0) is 36.4 Å². The van der Waals surface area contributed by atoms with E-state index in [0.29, 0.717) is 21.1 Å². The van der Waals surface area contributed by atoms with E-state index in [1.54, 1.807) is 24.3 Å². The number of aromatic nitrogens is 2. The molecule has 0 aliphatic rings. The number of halogens is 3. The van der Waals surface area contributed by atoms with Crippen LogP contribution < -0.4 is 4.74 Å². The zero-order valence-corrected chi connectivity index (χ0v) is 13.6. The average molecular weight is 368 g/mol. The molecule has 2 aromatic carbocycles. The summed E-state index contributed by atoms with van der Waals surface area (Å²) in [6.07, 6.45) is -4.70. The summed E-state index contributed by atoms with van der Waals surface area (Å²) in [6.45, 7) is 0. The van der Waals surface area contributed by atoms with E-state index in [1.165, 1.54) is 31.4 Å². The van der Waals surface area contributed by atoms with Gasteiger partial charge in [-0.3, -0.25) is 0 Å². The molecule has 3 rings (SSSR count). The van der Waals surface area contributed by atoms with Crippen molar-refractivity contribution in [1.29, 1.82) is 0 Å². The second-order valence-corrected chi connectivity index (χ2v) is 6.31. The van der Waals surface area contributed by atoms with Gasteiger partial charge < -0.3 is 9.26 Å². The monoisotopic (exact) mass is 368 g/mol. The number of alkyl halides is 3. The van der Waals surface area contributed by atoms with Crippen molar-refractivity contribution in [3.8, 4) is 17.1 Å². The average Bonchev–Trinajstić information content (AvgIpc) is 3.12. The fourth-order valence-electron chi connectivity index (χ4n) is 2.08. The normalized spacial score (nSPS) is 12.8. The van der Waals surface area contributed by atoms with Crippen molar-refractivity contribution in [3.05, 3.63) is 54.4 Å². The van der Waals surface area contributed by atoms with Crippen LogP contribution >= 0.6 is 0 Å². The van der Waals surface area contributed by atoms with E-state index in [0.717, 1.165) is 0 Å². The Labute approximate surface area is 142 Å². The predicted molar refractivity (Wildman–Crippen MR) is 82.4 cm³/mol. The van der Waals surface area contributed by atoms with Crippen LogP contribution in [0.25, 0.3) is 11.4 Å². The lowest BCUT2D eigenvalue weighted by molar-refractivity contribution is -0.159. The Kier molecular flexibility index (Phi) is 4.58. The van der Waals surface area contributed by atoms with E-state index < -0.39 is 22.9 Å². The Balaban J connectivity index is 1.87. The zero-order valence-electron chi connectivity index (χ0n) is 12.8. The highest BCUT2D eigenvalue weighted by molar-refractivity contribution is 7.85. The van der Waals surface area contributed by atoms with E-state index >= 15 is 0 Å². The van der Waals surface area contributed by atoms with Crippen LogP contribution in [0.1, 0.15) is 5.89 Å². The molecule has 0 N–H and O–H groups in total. The first-order valence-electron chi connectivity index (χ1n) is 6.96. The van der Waals surface area contributed by atoms with Gasteiger partial charge in [0, 0.05) is 10.5 Å². The third kappa shape index (κ3) is 3.55. The third-order valence-corrected chi connectivity index (χ3v) is 4.70. The van der Waals surface area contributed by atoms with Crippen molar-refractivity contribution in [2.45, 2.75) is 16.0 Å². The van der Waals surface area contributed by atoms with Gasteiger partial charge in [0.2, 0.25) is 5.82 Å². The maximum atomic E-state index is 12.6. The van der Waals surface area contributed by atoms with Crippen molar-refractivity contribution in [2.75, 3.05) is 7.11 Å². The largest absolute Gasteiger partial charge is 0.495 e. The topological polar surface area (TPSA) is 65.2 Å². The van der Waals surface area contributed by atoms with Crippen molar-refractivity contribution >= 4 is 10.8 Å². The molecule has 1 heterocycles. The van der Waals surface area contributed by atoms with Crippen molar-refractivity contribution in [1.82, 2.24) is 10.1 Å².